The Kier molecular flexibility index (Phi) is 5.22. The van der Waals surface area contributed by atoms with Gasteiger partial charge in [0.1, 0.15) is 13.2 Å². The van der Waals surface area contributed by atoms with Crippen LogP contribution in [-0.2, 0) is 9.53 Å². The van der Waals surface area contributed by atoms with Crippen LogP contribution in [0.2, 0.25) is 0 Å². The van der Waals surface area contributed by atoms with E-state index < -0.39 is 31.3 Å². The summed E-state index contributed by atoms with van der Waals surface area (Å²) < 4.78 is 40.9. The molecule has 5 nitrogen and oxygen atoms in total. The average molecular weight is 363 g/mol. The zero-order valence-corrected chi connectivity index (χ0v) is 13.6. The van der Waals surface area contributed by atoms with E-state index in [1.54, 1.807) is 6.33 Å². The van der Waals surface area contributed by atoms with Crippen LogP contribution in [0.3, 0.4) is 0 Å². The molecule has 26 heavy (non-hydrogen) atoms. The summed E-state index contributed by atoms with van der Waals surface area (Å²) in [5.74, 6) is -0.632. The fourth-order valence-corrected chi connectivity index (χ4v) is 2.60. The number of alkyl halides is 3. The lowest BCUT2D eigenvalue weighted by Crippen LogP contribution is -2.33. The number of amides is 1. The van der Waals surface area contributed by atoms with E-state index in [9.17, 15) is 18.0 Å². The van der Waals surface area contributed by atoms with Crippen molar-refractivity contribution in [2.24, 2.45) is 0 Å². The summed E-state index contributed by atoms with van der Waals surface area (Å²) in [5.41, 5.74) is 3.15. The molecule has 1 unspecified atom stereocenters. The third kappa shape index (κ3) is 4.60. The van der Waals surface area contributed by atoms with E-state index in [0.717, 1.165) is 22.2 Å². The highest BCUT2D eigenvalue weighted by Crippen LogP contribution is 2.24. The molecule has 0 aliphatic rings. The number of carbonyl (C=O) groups is 1. The van der Waals surface area contributed by atoms with E-state index in [0.29, 0.717) is 0 Å². The van der Waals surface area contributed by atoms with Crippen LogP contribution in [0.15, 0.2) is 54.9 Å². The molecule has 2 aromatic carbocycles. The molecular formula is C18H16F3N3O2. The molecule has 8 heteroatoms. The molecule has 1 aromatic heterocycles. The Morgan fingerprint density at radius 3 is 2.65 bits per heavy atom. The maximum absolute atomic E-state index is 12.2. The molecule has 0 aliphatic carbocycles. The van der Waals surface area contributed by atoms with Crippen molar-refractivity contribution in [3.8, 4) is 0 Å². The average Bonchev–Trinajstić information content (AvgIpc) is 3.07. The minimum Gasteiger partial charge on any atom is -0.362 e. The summed E-state index contributed by atoms with van der Waals surface area (Å²) >= 11 is 0. The van der Waals surface area contributed by atoms with Crippen LogP contribution in [0.25, 0.3) is 11.0 Å². The second kappa shape index (κ2) is 7.57. The molecule has 0 bridgehead atoms. The van der Waals surface area contributed by atoms with Crippen LogP contribution in [0.5, 0.6) is 0 Å². The lowest BCUT2D eigenvalue weighted by atomic mass is 9.98. The van der Waals surface area contributed by atoms with Gasteiger partial charge in [0.05, 0.1) is 23.4 Å². The Balaban J connectivity index is 1.79. The number of ether oxygens (including phenoxy) is 1. The van der Waals surface area contributed by atoms with E-state index >= 15 is 0 Å². The number of hydrogen-bond acceptors (Lipinski definition) is 3. The molecule has 1 heterocycles. The topological polar surface area (TPSA) is 67.0 Å². The van der Waals surface area contributed by atoms with Gasteiger partial charge in [-0.15, -0.1) is 0 Å². The van der Waals surface area contributed by atoms with Crippen LogP contribution in [0.1, 0.15) is 17.2 Å². The summed E-state index contributed by atoms with van der Waals surface area (Å²) in [6.07, 6.45) is -2.90. The molecule has 136 valence electrons. The Morgan fingerprint density at radius 1 is 1.15 bits per heavy atom. The van der Waals surface area contributed by atoms with E-state index in [4.69, 9.17) is 0 Å². The quantitative estimate of drug-likeness (QED) is 0.706. The van der Waals surface area contributed by atoms with Crippen molar-refractivity contribution in [2.75, 3.05) is 13.2 Å². The molecule has 0 fully saturated rings. The molecule has 0 spiro atoms. The Labute approximate surface area is 147 Å². The fourth-order valence-electron chi connectivity index (χ4n) is 2.60. The zero-order chi connectivity index (χ0) is 18.6. The van der Waals surface area contributed by atoms with Gasteiger partial charge in [0.2, 0.25) is 5.91 Å². The van der Waals surface area contributed by atoms with Crippen LogP contribution in [-0.4, -0.2) is 35.3 Å². The van der Waals surface area contributed by atoms with Crippen molar-refractivity contribution in [2.45, 2.75) is 12.2 Å². The summed E-state index contributed by atoms with van der Waals surface area (Å²) in [4.78, 5) is 19.2. The molecule has 1 amide bonds. The molecule has 2 N–H and O–H groups in total. The number of halogens is 3. The second-order valence-corrected chi connectivity index (χ2v) is 5.70. The first-order valence-electron chi connectivity index (χ1n) is 7.84. The smallest absolute Gasteiger partial charge is 0.362 e. The summed E-state index contributed by atoms with van der Waals surface area (Å²) in [7, 11) is 0. The second-order valence-electron chi connectivity index (χ2n) is 5.70. The third-order valence-electron chi connectivity index (χ3n) is 3.71. The van der Waals surface area contributed by atoms with E-state index in [-0.39, 0.29) is 0 Å². The monoisotopic (exact) mass is 363 g/mol. The highest BCUT2D eigenvalue weighted by molar-refractivity contribution is 5.79. The first-order valence-corrected chi connectivity index (χ1v) is 7.84. The first kappa shape index (κ1) is 17.9. The standard InChI is InChI=1S/C18H16F3N3O2/c19-18(20,21)10-26-9-16(25)24-17(12-4-2-1-3-5-12)13-6-7-14-15(8-13)23-11-22-14/h1-8,11,17H,9-10H2,(H,22,23)(H,24,25). The maximum Gasteiger partial charge on any atom is 0.411 e. The van der Waals surface area contributed by atoms with E-state index in [1.165, 1.54) is 0 Å². The normalized spacial score (nSPS) is 12.9. The first-order chi connectivity index (χ1) is 12.4. The van der Waals surface area contributed by atoms with Crippen molar-refractivity contribution in [1.29, 1.82) is 0 Å². The van der Waals surface area contributed by atoms with Gasteiger partial charge in [-0.05, 0) is 23.3 Å². The lowest BCUT2D eigenvalue weighted by molar-refractivity contribution is -0.175. The van der Waals surface area contributed by atoms with Crippen molar-refractivity contribution in [3.63, 3.8) is 0 Å². The van der Waals surface area contributed by atoms with E-state index in [2.05, 4.69) is 20.0 Å². The number of hydrogen-bond donors (Lipinski definition) is 2. The molecule has 0 aliphatic heterocycles. The predicted octanol–water partition coefficient (Wildman–Crippen LogP) is 3.35. The number of rotatable bonds is 6. The molecule has 0 saturated carbocycles. The number of benzene rings is 2. The molecule has 3 rings (SSSR count). The third-order valence-corrected chi connectivity index (χ3v) is 3.71. The van der Waals surface area contributed by atoms with Gasteiger partial charge in [0.25, 0.3) is 0 Å². The number of aromatic nitrogens is 2. The number of carbonyl (C=O) groups excluding carboxylic acids is 1. The maximum atomic E-state index is 12.2. The Morgan fingerprint density at radius 2 is 1.92 bits per heavy atom. The lowest BCUT2D eigenvalue weighted by Gasteiger charge is -2.20. The van der Waals surface area contributed by atoms with Gasteiger partial charge in [-0.1, -0.05) is 36.4 Å². The number of aromatic amines is 1. The number of H-pyrrole nitrogens is 1. The van der Waals surface area contributed by atoms with Gasteiger partial charge < -0.3 is 15.0 Å². The van der Waals surface area contributed by atoms with Crippen molar-refractivity contribution in [1.82, 2.24) is 15.3 Å². The van der Waals surface area contributed by atoms with Gasteiger partial charge in [0, 0.05) is 0 Å². The predicted molar refractivity (Wildman–Crippen MR) is 89.4 cm³/mol. The summed E-state index contributed by atoms with van der Waals surface area (Å²) in [5, 5.41) is 2.73. The van der Waals surface area contributed by atoms with Gasteiger partial charge in [-0.3, -0.25) is 4.79 Å². The van der Waals surface area contributed by atoms with Gasteiger partial charge in [-0.25, -0.2) is 4.98 Å². The number of nitrogens with zero attached hydrogens (tertiary/aromatic N) is 1. The molecule has 1 atom stereocenters. The molecule has 0 radical (unpaired) electrons. The number of imidazole rings is 1. The highest BCUT2D eigenvalue weighted by Gasteiger charge is 2.28. The molecule has 0 saturated heterocycles. The van der Waals surface area contributed by atoms with Crippen molar-refractivity contribution in [3.05, 3.63) is 66.0 Å². The van der Waals surface area contributed by atoms with Crippen LogP contribution < -0.4 is 5.32 Å². The van der Waals surface area contributed by atoms with Crippen molar-refractivity contribution < 1.29 is 22.7 Å². The zero-order valence-electron chi connectivity index (χ0n) is 13.6. The van der Waals surface area contributed by atoms with E-state index in [1.807, 2.05) is 48.5 Å². The SMILES string of the molecule is O=C(COCC(F)(F)F)NC(c1ccccc1)c1ccc2nc[nH]c2c1. The van der Waals surface area contributed by atoms with Crippen LogP contribution in [0.4, 0.5) is 13.2 Å². The Bertz CT molecular complexity index is 878. The summed E-state index contributed by atoms with van der Waals surface area (Å²) in [6.45, 7) is -2.13. The fraction of sp³-hybridized carbons (Fsp3) is 0.222. The van der Waals surface area contributed by atoms with Gasteiger partial charge in [-0.2, -0.15) is 13.2 Å². The van der Waals surface area contributed by atoms with Gasteiger partial charge in [0.15, 0.2) is 0 Å². The summed E-state index contributed by atoms with van der Waals surface area (Å²) in [6, 6.07) is 14.1. The minimum atomic E-state index is -4.47. The van der Waals surface area contributed by atoms with Gasteiger partial charge >= 0.3 is 6.18 Å². The molecule has 3 aromatic rings. The van der Waals surface area contributed by atoms with Crippen LogP contribution in [0, 0.1) is 0 Å². The largest absolute Gasteiger partial charge is 0.411 e. The number of nitrogens with one attached hydrogen (secondary N) is 2. The van der Waals surface area contributed by atoms with Crippen molar-refractivity contribution >= 4 is 16.9 Å². The highest BCUT2D eigenvalue weighted by atomic mass is 19.4. The molecular weight excluding hydrogens is 347 g/mol. The minimum absolute atomic E-state index is 0.522. The Hall–Kier alpha value is -2.87. The number of fused-ring (bicyclic) bond motifs is 1. The van der Waals surface area contributed by atoms with Crippen LogP contribution >= 0.6 is 0 Å².